The van der Waals surface area contributed by atoms with Crippen LogP contribution in [0.4, 0.5) is 0 Å². The normalized spacial score (nSPS) is 18.4. The van der Waals surface area contributed by atoms with Gasteiger partial charge in [0, 0.05) is 11.8 Å². The number of rotatable bonds is 4. The highest BCUT2D eigenvalue weighted by Gasteiger charge is 2.37. The molecule has 162 valence electrons. The zero-order chi connectivity index (χ0) is 22.5. The first kappa shape index (κ1) is 19.6. The average Bonchev–Trinajstić information content (AvgIpc) is 3.41. The van der Waals surface area contributed by atoms with Gasteiger partial charge in [0.15, 0.2) is 0 Å². The summed E-state index contributed by atoms with van der Waals surface area (Å²) < 4.78 is 0. The van der Waals surface area contributed by atoms with Gasteiger partial charge in [-0.3, -0.25) is 0 Å². The maximum absolute atomic E-state index is 2.39. The molecular weight excluding hydrogens is 408 g/mol. The quantitative estimate of drug-likeness (QED) is 0.334. The summed E-state index contributed by atoms with van der Waals surface area (Å²) in [5, 5.41) is 2.83. The predicted molar refractivity (Wildman–Crippen MR) is 142 cm³/mol. The van der Waals surface area contributed by atoms with E-state index in [1.54, 1.807) is 5.57 Å². The molecule has 4 aromatic carbocycles. The van der Waals surface area contributed by atoms with Crippen molar-refractivity contribution in [2.24, 2.45) is 5.92 Å². The van der Waals surface area contributed by atoms with Gasteiger partial charge in [-0.05, 0) is 56.2 Å². The minimum atomic E-state index is 0.349. The molecule has 0 aliphatic heterocycles. The number of fused-ring (bicyclic) bond motifs is 5. The van der Waals surface area contributed by atoms with E-state index >= 15 is 0 Å². The maximum atomic E-state index is 2.39. The Balaban J connectivity index is 1.44. The standard InChI is InChI=1S/C34H26/c1-2-12-23(13-3-1)32(34-30-20-10-8-16-26(30)27-17-9-11-21-31(27)34)22-33-28-18-6-4-14-24(28)25-15-5-7-19-29(25)33/h1-21,28,32,34H,22H2. The Morgan fingerprint density at radius 3 is 1.94 bits per heavy atom. The minimum absolute atomic E-state index is 0.349. The zero-order valence-electron chi connectivity index (χ0n) is 19.1. The fourth-order valence-corrected chi connectivity index (χ4v) is 6.52. The molecule has 3 aliphatic carbocycles. The zero-order valence-corrected chi connectivity index (χ0v) is 19.1. The molecule has 0 heteroatoms. The predicted octanol–water partition coefficient (Wildman–Crippen LogP) is 6.73. The molecule has 0 amide bonds. The van der Waals surface area contributed by atoms with Crippen molar-refractivity contribution in [3.8, 4) is 11.1 Å². The third-order valence-electron chi connectivity index (χ3n) is 7.94. The van der Waals surface area contributed by atoms with Crippen LogP contribution >= 0.6 is 0 Å². The topological polar surface area (TPSA) is 0 Å². The van der Waals surface area contributed by atoms with Crippen molar-refractivity contribution in [2.45, 2.75) is 18.3 Å². The highest BCUT2D eigenvalue weighted by molar-refractivity contribution is 5.82. The lowest BCUT2D eigenvalue weighted by atomic mass is 9.74. The van der Waals surface area contributed by atoms with Gasteiger partial charge in [-0.15, -0.1) is 0 Å². The highest BCUT2D eigenvalue weighted by atomic mass is 14.4. The van der Waals surface area contributed by atoms with Crippen molar-refractivity contribution in [3.63, 3.8) is 0 Å². The van der Waals surface area contributed by atoms with Gasteiger partial charge in [-0.2, -0.15) is 0 Å². The van der Waals surface area contributed by atoms with Gasteiger partial charge in [0.1, 0.15) is 0 Å². The van der Waals surface area contributed by atoms with E-state index in [0.717, 1.165) is 6.42 Å². The van der Waals surface area contributed by atoms with Gasteiger partial charge >= 0.3 is 0 Å². The number of benzene rings is 4. The van der Waals surface area contributed by atoms with Gasteiger partial charge in [0.2, 0.25) is 0 Å². The molecule has 0 nitrogen and oxygen atoms in total. The van der Waals surface area contributed by atoms with E-state index in [0.29, 0.717) is 17.8 Å². The van der Waals surface area contributed by atoms with E-state index in [2.05, 4.69) is 127 Å². The molecule has 3 aliphatic rings. The van der Waals surface area contributed by atoms with E-state index in [1.807, 2.05) is 0 Å². The summed E-state index contributed by atoms with van der Waals surface area (Å²) in [7, 11) is 0. The molecule has 7 rings (SSSR count). The summed E-state index contributed by atoms with van der Waals surface area (Å²) >= 11 is 0. The SMILES string of the molecule is C1=CC2=c3ccccc3=C(CC(c3ccccc3)C3c4ccccc4-c4ccccc43)C2C=C1. The molecule has 0 heterocycles. The Bertz CT molecular complexity index is 1540. The monoisotopic (exact) mass is 434 g/mol. The number of allylic oxidation sites excluding steroid dienone is 4. The van der Waals surface area contributed by atoms with Crippen LogP contribution < -0.4 is 10.4 Å². The fourth-order valence-electron chi connectivity index (χ4n) is 6.52. The molecular formula is C34H26. The summed E-state index contributed by atoms with van der Waals surface area (Å²) in [6, 6.07) is 38.3. The number of hydrogen-bond donors (Lipinski definition) is 0. The first-order valence-electron chi connectivity index (χ1n) is 12.3. The van der Waals surface area contributed by atoms with Gasteiger partial charge in [-0.1, -0.05) is 133 Å². The Hall–Kier alpha value is -3.90. The smallest absolute Gasteiger partial charge is 0.0247 e. The van der Waals surface area contributed by atoms with Crippen LogP contribution in [0.2, 0.25) is 0 Å². The van der Waals surface area contributed by atoms with Crippen molar-refractivity contribution in [2.75, 3.05) is 0 Å². The second-order valence-electron chi connectivity index (χ2n) is 9.62. The van der Waals surface area contributed by atoms with Gasteiger partial charge in [0.25, 0.3) is 0 Å². The van der Waals surface area contributed by atoms with E-state index in [1.165, 1.54) is 43.8 Å². The van der Waals surface area contributed by atoms with Crippen LogP contribution in [0.3, 0.4) is 0 Å². The Morgan fingerprint density at radius 1 is 0.588 bits per heavy atom. The third kappa shape index (κ3) is 2.92. The van der Waals surface area contributed by atoms with E-state index < -0.39 is 0 Å². The largest absolute Gasteiger partial charge is 0.0729 e. The van der Waals surface area contributed by atoms with Crippen molar-refractivity contribution in [3.05, 3.63) is 155 Å². The molecule has 0 aromatic heterocycles. The van der Waals surface area contributed by atoms with Crippen LogP contribution in [0.5, 0.6) is 0 Å². The Kier molecular flexibility index (Phi) is 4.52. The fraction of sp³-hybridized carbons (Fsp3) is 0.118. The molecule has 0 fully saturated rings. The molecule has 0 radical (unpaired) electrons. The second kappa shape index (κ2) is 7.85. The van der Waals surface area contributed by atoms with Gasteiger partial charge in [0.05, 0.1) is 0 Å². The van der Waals surface area contributed by atoms with Crippen LogP contribution in [-0.4, -0.2) is 0 Å². The van der Waals surface area contributed by atoms with Crippen LogP contribution in [0.25, 0.3) is 22.3 Å². The van der Waals surface area contributed by atoms with Crippen LogP contribution in [-0.2, 0) is 0 Å². The highest BCUT2D eigenvalue weighted by Crippen LogP contribution is 2.53. The lowest BCUT2D eigenvalue weighted by molar-refractivity contribution is 0.619. The number of hydrogen-bond acceptors (Lipinski definition) is 0. The van der Waals surface area contributed by atoms with E-state index in [4.69, 9.17) is 0 Å². The molecule has 0 saturated heterocycles. The van der Waals surface area contributed by atoms with Gasteiger partial charge in [-0.25, -0.2) is 0 Å². The van der Waals surface area contributed by atoms with Crippen LogP contribution in [0, 0.1) is 5.92 Å². The van der Waals surface area contributed by atoms with E-state index in [9.17, 15) is 0 Å². The van der Waals surface area contributed by atoms with Crippen molar-refractivity contribution in [1.29, 1.82) is 0 Å². The summed E-state index contributed by atoms with van der Waals surface area (Å²) in [5.74, 6) is 1.09. The third-order valence-corrected chi connectivity index (χ3v) is 7.94. The lowest BCUT2D eigenvalue weighted by Crippen LogP contribution is -2.24. The van der Waals surface area contributed by atoms with Crippen molar-refractivity contribution < 1.29 is 0 Å². The lowest BCUT2D eigenvalue weighted by Gasteiger charge is -2.29. The molecule has 2 atom stereocenters. The molecule has 0 bridgehead atoms. The Labute approximate surface area is 200 Å². The van der Waals surface area contributed by atoms with Crippen molar-refractivity contribution >= 4 is 11.1 Å². The first-order chi connectivity index (χ1) is 16.9. The minimum Gasteiger partial charge on any atom is -0.0729 e. The summed E-state index contributed by atoms with van der Waals surface area (Å²) in [6.45, 7) is 0. The summed E-state index contributed by atoms with van der Waals surface area (Å²) in [5.41, 5.74) is 10.2. The molecule has 0 spiro atoms. The molecule has 4 aromatic rings. The van der Waals surface area contributed by atoms with Crippen molar-refractivity contribution in [1.82, 2.24) is 0 Å². The first-order valence-corrected chi connectivity index (χ1v) is 12.3. The maximum Gasteiger partial charge on any atom is 0.0247 e. The summed E-state index contributed by atoms with van der Waals surface area (Å²) in [6.07, 6.45) is 10.2. The van der Waals surface area contributed by atoms with Crippen LogP contribution in [0.1, 0.15) is 34.9 Å². The van der Waals surface area contributed by atoms with Gasteiger partial charge < -0.3 is 0 Å². The molecule has 0 saturated carbocycles. The molecule has 0 N–H and O–H groups in total. The molecule has 34 heavy (non-hydrogen) atoms. The molecule has 2 unspecified atom stereocenters. The second-order valence-corrected chi connectivity index (χ2v) is 9.62. The van der Waals surface area contributed by atoms with E-state index in [-0.39, 0.29) is 0 Å². The summed E-state index contributed by atoms with van der Waals surface area (Å²) in [4.78, 5) is 0. The average molecular weight is 435 g/mol. The Morgan fingerprint density at radius 2 is 1.21 bits per heavy atom. The van der Waals surface area contributed by atoms with Crippen LogP contribution in [0.15, 0.2) is 127 Å².